The molecule has 0 radical (unpaired) electrons. The van der Waals surface area contributed by atoms with Crippen molar-refractivity contribution in [3.8, 4) is 0 Å². The van der Waals surface area contributed by atoms with E-state index in [0.717, 1.165) is 10.0 Å². The minimum absolute atomic E-state index is 0.101. The maximum Gasteiger partial charge on any atom is 0.319 e. The van der Waals surface area contributed by atoms with E-state index in [0.29, 0.717) is 11.4 Å². The molecule has 0 atom stereocenters. The van der Waals surface area contributed by atoms with Crippen molar-refractivity contribution in [2.24, 2.45) is 0 Å². The minimum atomic E-state index is -0.429. The summed E-state index contributed by atoms with van der Waals surface area (Å²) in [4.78, 5) is 23.5. The van der Waals surface area contributed by atoms with Gasteiger partial charge in [-0.2, -0.15) is 0 Å². The highest BCUT2D eigenvalue weighted by Crippen LogP contribution is 2.13. The predicted molar refractivity (Wildman–Crippen MR) is 91.0 cm³/mol. The van der Waals surface area contributed by atoms with Crippen LogP contribution in [0.15, 0.2) is 53.0 Å². The number of halogens is 1. The quantitative estimate of drug-likeness (QED) is 0.779. The van der Waals surface area contributed by atoms with E-state index in [1.54, 1.807) is 18.2 Å². The highest BCUT2D eigenvalue weighted by molar-refractivity contribution is 9.10. The summed E-state index contributed by atoms with van der Waals surface area (Å²) >= 11 is 3.32. The van der Waals surface area contributed by atoms with E-state index in [1.165, 1.54) is 0 Å². The Morgan fingerprint density at radius 2 is 1.73 bits per heavy atom. The number of carbonyl (C=O) groups is 2. The maximum absolute atomic E-state index is 11.8. The largest absolute Gasteiger partial charge is 0.329 e. The van der Waals surface area contributed by atoms with Crippen LogP contribution in [0.1, 0.15) is 5.56 Å². The Labute approximate surface area is 137 Å². The fourth-order valence-electron chi connectivity index (χ4n) is 1.80. The molecular formula is C16H16BrN3O2. The number of nitrogens with one attached hydrogen (secondary N) is 3. The number of hydrogen-bond acceptors (Lipinski definition) is 2. The van der Waals surface area contributed by atoms with Gasteiger partial charge in [-0.05, 0) is 48.9 Å². The minimum Gasteiger partial charge on any atom is -0.329 e. The van der Waals surface area contributed by atoms with Crippen molar-refractivity contribution in [1.82, 2.24) is 5.32 Å². The van der Waals surface area contributed by atoms with Crippen molar-refractivity contribution >= 4 is 39.2 Å². The third-order valence-corrected chi connectivity index (χ3v) is 3.34. The Bertz CT molecular complexity index is 671. The molecule has 0 heterocycles. The maximum atomic E-state index is 11.8. The van der Waals surface area contributed by atoms with Gasteiger partial charge in [0.1, 0.15) is 0 Å². The third kappa shape index (κ3) is 5.21. The standard InChI is InChI=1S/C16H16BrN3O2/c1-11-3-2-4-14(9-11)19-15(21)10-18-16(22)20-13-7-5-12(17)6-8-13/h2-9H,10H2,1H3,(H,19,21)(H2,18,20,22). The molecule has 0 saturated carbocycles. The summed E-state index contributed by atoms with van der Waals surface area (Å²) in [5.41, 5.74) is 2.42. The second-order valence-corrected chi connectivity index (χ2v) is 5.65. The number of aryl methyl sites for hydroxylation is 1. The Hall–Kier alpha value is -2.34. The molecular weight excluding hydrogens is 346 g/mol. The van der Waals surface area contributed by atoms with E-state index in [4.69, 9.17) is 0 Å². The lowest BCUT2D eigenvalue weighted by Gasteiger charge is -2.09. The van der Waals surface area contributed by atoms with Crippen molar-refractivity contribution in [1.29, 1.82) is 0 Å². The van der Waals surface area contributed by atoms with Crippen LogP contribution < -0.4 is 16.0 Å². The van der Waals surface area contributed by atoms with Crippen molar-refractivity contribution in [2.45, 2.75) is 6.92 Å². The molecule has 0 unspecified atom stereocenters. The molecule has 0 saturated heterocycles. The average Bonchev–Trinajstić information content (AvgIpc) is 2.48. The van der Waals surface area contributed by atoms with Gasteiger partial charge in [-0.25, -0.2) is 4.79 Å². The van der Waals surface area contributed by atoms with Crippen molar-refractivity contribution in [3.05, 3.63) is 58.6 Å². The van der Waals surface area contributed by atoms with Crippen molar-refractivity contribution in [3.63, 3.8) is 0 Å². The number of benzene rings is 2. The molecule has 3 N–H and O–H groups in total. The summed E-state index contributed by atoms with van der Waals surface area (Å²) in [5.74, 6) is -0.281. The van der Waals surface area contributed by atoms with E-state index in [2.05, 4.69) is 31.9 Å². The first-order valence-corrected chi connectivity index (χ1v) is 7.49. The SMILES string of the molecule is Cc1cccc(NC(=O)CNC(=O)Nc2ccc(Br)cc2)c1. The van der Waals surface area contributed by atoms with Gasteiger partial charge in [0.05, 0.1) is 6.54 Å². The van der Waals surface area contributed by atoms with Crippen LogP contribution >= 0.6 is 15.9 Å². The summed E-state index contributed by atoms with van der Waals surface area (Å²) in [7, 11) is 0. The number of rotatable bonds is 4. The molecule has 0 spiro atoms. The number of amides is 3. The first kappa shape index (κ1) is 16.0. The van der Waals surface area contributed by atoms with E-state index in [-0.39, 0.29) is 12.5 Å². The normalized spacial score (nSPS) is 9.91. The van der Waals surface area contributed by atoms with Gasteiger partial charge in [0.15, 0.2) is 0 Å². The molecule has 2 aromatic rings. The number of hydrogen-bond donors (Lipinski definition) is 3. The van der Waals surface area contributed by atoms with Gasteiger partial charge >= 0.3 is 6.03 Å². The Morgan fingerprint density at radius 1 is 1.00 bits per heavy atom. The van der Waals surface area contributed by atoms with Crippen molar-refractivity contribution in [2.75, 3.05) is 17.2 Å². The van der Waals surface area contributed by atoms with E-state index < -0.39 is 6.03 Å². The lowest BCUT2D eigenvalue weighted by molar-refractivity contribution is -0.115. The molecule has 0 bridgehead atoms. The highest BCUT2D eigenvalue weighted by atomic mass is 79.9. The molecule has 0 fully saturated rings. The molecule has 0 aliphatic rings. The number of urea groups is 1. The summed E-state index contributed by atoms with van der Waals surface area (Å²) < 4.78 is 0.927. The molecule has 5 nitrogen and oxygen atoms in total. The average molecular weight is 362 g/mol. The Morgan fingerprint density at radius 3 is 2.41 bits per heavy atom. The first-order valence-electron chi connectivity index (χ1n) is 6.70. The second kappa shape index (κ2) is 7.61. The van der Waals surface area contributed by atoms with Crippen LogP contribution in [-0.4, -0.2) is 18.5 Å². The third-order valence-electron chi connectivity index (χ3n) is 2.81. The van der Waals surface area contributed by atoms with Gasteiger partial charge in [0, 0.05) is 15.8 Å². The molecule has 114 valence electrons. The monoisotopic (exact) mass is 361 g/mol. The molecule has 0 aromatic heterocycles. The lowest BCUT2D eigenvalue weighted by atomic mass is 10.2. The lowest BCUT2D eigenvalue weighted by Crippen LogP contribution is -2.35. The molecule has 2 rings (SSSR count). The van der Waals surface area contributed by atoms with E-state index in [1.807, 2.05) is 37.3 Å². The molecule has 2 aromatic carbocycles. The van der Waals surface area contributed by atoms with Gasteiger partial charge in [-0.15, -0.1) is 0 Å². The van der Waals surface area contributed by atoms with Gasteiger partial charge in [0.2, 0.25) is 5.91 Å². The zero-order valence-electron chi connectivity index (χ0n) is 12.0. The first-order chi connectivity index (χ1) is 10.5. The van der Waals surface area contributed by atoms with Crippen molar-refractivity contribution < 1.29 is 9.59 Å². The van der Waals surface area contributed by atoms with Crippen LogP contribution in [0, 0.1) is 6.92 Å². The van der Waals surface area contributed by atoms with E-state index >= 15 is 0 Å². The second-order valence-electron chi connectivity index (χ2n) is 4.73. The fraction of sp³-hybridized carbons (Fsp3) is 0.125. The van der Waals surface area contributed by atoms with Crippen LogP contribution in [0.25, 0.3) is 0 Å². The molecule has 22 heavy (non-hydrogen) atoms. The van der Waals surface area contributed by atoms with Crippen LogP contribution in [0.2, 0.25) is 0 Å². The Kier molecular flexibility index (Phi) is 5.55. The number of carbonyl (C=O) groups excluding carboxylic acids is 2. The Balaban J connectivity index is 1.78. The van der Waals surface area contributed by atoms with Crippen LogP contribution in [0.5, 0.6) is 0 Å². The van der Waals surface area contributed by atoms with Crippen LogP contribution in [0.4, 0.5) is 16.2 Å². The van der Waals surface area contributed by atoms with Gasteiger partial charge in [-0.3, -0.25) is 4.79 Å². The van der Waals surface area contributed by atoms with E-state index in [9.17, 15) is 9.59 Å². The van der Waals surface area contributed by atoms with Gasteiger partial charge in [0.25, 0.3) is 0 Å². The molecule has 3 amide bonds. The molecule has 0 aliphatic heterocycles. The fourth-order valence-corrected chi connectivity index (χ4v) is 2.06. The zero-order chi connectivity index (χ0) is 15.9. The van der Waals surface area contributed by atoms with Gasteiger partial charge < -0.3 is 16.0 Å². The highest BCUT2D eigenvalue weighted by Gasteiger charge is 2.06. The summed E-state index contributed by atoms with van der Waals surface area (Å²) in [6.07, 6.45) is 0. The summed E-state index contributed by atoms with van der Waals surface area (Å²) in [6, 6.07) is 14.2. The predicted octanol–water partition coefficient (Wildman–Crippen LogP) is 3.52. The summed E-state index contributed by atoms with van der Waals surface area (Å²) in [5, 5.41) is 7.87. The zero-order valence-corrected chi connectivity index (χ0v) is 13.6. The molecule has 6 heteroatoms. The van der Waals surface area contributed by atoms with Crippen LogP contribution in [0.3, 0.4) is 0 Å². The smallest absolute Gasteiger partial charge is 0.319 e. The summed E-state index contributed by atoms with van der Waals surface area (Å²) in [6.45, 7) is 1.84. The van der Waals surface area contributed by atoms with Crippen LogP contribution in [-0.2, 0) is 4.79 Å². The topological polar surface area (TPSA) is 70.2 Å². The van der Waals surface area contributed by atoms with Gasteiger partial charge in [-0.1, -0.05) is 28.1 Å². The number of anilines is 2. The molecule has 0 aliphatic carbocycles.